The Morgan fingerprint density at radius 1 is 1.29 bits per heavy atom. The molecule has 2 aromatic rings. The van der Waals surface area contributed by atoms with Crippen LogP contribution in [0, 0.1) is 6.92 Å². The number of aliphatic hydroxyl groups is 1. The summed E-state index contributed by atoms with van der Waals surface area (Å²) in [4.78, 5) is 4.37. The van der Waals surface area contributed by atoms with Gasteiger partial charge in [0.15, 0.2) is 0 Å². The van der Waals surface area contributed by atoms with Gasteiger partial charge in [-0.1, -0.05) is 12.1 Å². The molecular formula is C16H22N2O2S. The first-order valence-corrected chi connectivity index (χ1v) is 7.85. The molecule has 1 aromatic carbocycles. The van der Waals surface area contributed by atoms with Crippen LogP contribution in [0.5, 0.6) is 5.75 Å². The zero-order valence-electron chi connectivity index (χ0n) is 12.7. The van der Waals surface area contributed by atoms with Crippen molar-refractivity contribution in [1.82, 2.24) is 10.3 Å². The molecule has 0 aliphatic heterocycles. The van der Waals surface area contributed by atoms with E-state index in [1.807, 2.05) is 50.4 Å². The highest BCUT2D eigenvalue weighted by Gasteiger charge is 2.14. The van der Waals surface area contributed by atoms with Gasteiger partial charge in [-0.2, -0.15) is 0 Å². The number of aromatic nitrogens is 1. The summed E-state index contributed by atoms with van der Waals surface area (Å²) in [6, 6.07) is 7.98. The summed E-state index contributed by atoms with van der Waals surface area (Å²) in [5.41, 5.74) is 1.86. The molecule has 2 rings (SSSR count). The van der Waals surface area contributed by atoms with Crippen molar-refractivity contribution in [3.8, 4) is 5.75 Å². The van der Waals surface area contributed by atoms with E-state index < -0.39 is 0 Å². The summed E-state index contributed by atoms with van der Waals surface area (Å²) in [5.74, 6) is 0.839. The van der Waals surface area contributed by atoms with Crippen molar-refractivity contribution in [2.75, 3.05) is 6.61 Å². The lowest BCUT2D eigenvalue weighted by molar-refractivity contribution is 0.187. The fraction of sp³-hybridized carbons (Fsp3) is 0.438. The molecule has 1 aromatic heterocycles. The average Bonchev–Trinajstić information content (AvgIpc) is 2.90. The van der Waals surface area contributed by atoms with Crippen LogP contribution < -0.4 is 10.1 Å². The van der Waals surface area contributed by atoms with Crippen molar-refractivity contribution in [3.63, 3.8) is 0 Å². The van der Waals surface area contributed by atoms with Crippen molar-refractivity contribution in [2.45, 2.75) is 39.5 Å². The van der Waals surface area contributed by atoms with E-state index in [9.17, 15) is 5.11 Å². The van der Waals surface area contributed by atoms with Crippen molar-refractivity contribution < 1.29 is 9.84 Å². The lowest BCUT2D eigenvalue weighted by Gasteiger charge is -2.23. The normalized spacial score (nSPS) is 11.6. The van der Waals surface area contributed by atoms with Crippen LogP contribution in [0.4, 0.5) is 0 Å². The van der Waals surface area contributed by atoms with Gasteiger partial charge in [0.2, 0.25) is 0 Å². The number of hydrogen-bond acceptors (Lipinski definition) is 5. The van der Waals surface area contributed by atoms with E-state index >= 15 is 0 Å². The Morgan fingerprint density at radius 2 is 2.00 bits per heavy atom. The minimum absolute atomic E-state index is 0.112. The first-order chi connectivity index (χ1) is 9.98. The molecule has 0 fully saturated rings. The quantitative estimate of drug-likeness (QED) is 0.826. The van der Waals surface area contributed by atoms with Crippen LogP contribution in [0.3, 0.4) is 0 Å². The molecule has 0 radical (unpaired) electrons. The number of aryl methyl sites for hydroxylation is 1. The monoisotopic (exact) mass is 306 g/mol. The molecule has 0 amide bonds. The summed E-state index contributed by atoms with van der Waals surface area (Å²) in [6.07, 6.45) is 0. The molecule has 21 heavy (non-hydrogen) atoms. The molecule has 5 heteroatoms. The molecule has 0 atom stereocenters. The third-order valence-corrected chi connectivity index (χ3v) is 3.97. The highest BCUT2D eigenvalue weighted by molar-refractivity contribution is 7.09. The smallest absolute Gasteiger partial charge is 0.131 e. The maximum atomic E-state index is 9.21. The van der Waals surface area contributed by atoms with Crippen LogP contribution in [0.15, 0.2) is 29.6 Å². The second kappa shape index (κ2) is 7.02. The predicted octanol–water partition coefficient (Wildman–Crippen LogP) is 2.89. The molecule has 0 aliphatic carbocycles. The Bertz CT molecular complexity index is 564. The molecule has 0 aliphatic rings. The molecule has 0 spiro atoms. The van der Waals surface area contributed by atoms with E-state index in [0.29, 0.717) is 6.61 Å². The van der Waals surface area contributed by atoms with Crippen molar-refractivity contribution in [3.05, 3.63) is 45.9 Å². The Kier molecular flexibility index (Phi) is 5.33. The molecule has 2 N–H and O–H groups in total. The van der Waals surface area contributed by atoms with Crippen LogP contribution in [-0.2, 0) is 13.2 Å². The first-order valence-electron chi connectivity index (χ1n) is 6.97. The summed E-state index contributed by atoms with van der Waals surface area (Å²) in [7, 11) is 0. The van der Waals surface area contributed by atoms with E-state index in [-0.39, 0.29) is 12.1 Å². The Balaban J connectivity index is 1.84. The van der Waals surface area contributed by atoms with Crippen molar-refractivity contribution >= 4 is 11.3 Å². The number of ether oxygens (including phenoxy) is 1. The fourth-order valence-electron chi connectivity index (χ4n) is 1.73. The summed E-state index contributed by atoms with van der Waals surface area (Å²) >= 11 is 1.63. The SMILES string of the molecule is Cc1nc(COc2ccc(CNC(C)(C)CO)cc2)cs1. The molecule has 0 saturated heterocycles. The van der Waals surface area contributed by atoms with E-state index in [0.717, 1.165) is 28.6 Å². The highest BCUT2D eigenvalue weighted by Crippen LogP contribution is 2.16. The van der Waals surface area contributed by atoms with E-state index in [2.05, 4.69) is 10.3 Å². The number of nitrogens with zero attached hydrogens (tertiary/aromatic N) is 1. The molecule has 114 valence electrons. The Morgan fingerprint density at radius 3 is 2.57 bits per heavy atom. The van der Waals surface area contributed by atoms with Gasteiger partial charge in [-0.05, 0) is 38.5 Å². The van der Waals surface area contributed by atoms with Gasteiger partial charge in [0.25, 0.3) is 0 Å². The van der Waals surface area contributed by atoms with Gasteiger partial charge in [0.05, 0.1) is 17.3 Å². The molecular weight excluding hydrogens is 284 g/mol. The largest absolute Gasteiger partial charge is 0.487 e. The summed E-state index contributed by atoms with van der Waals surface area (Å²) in [5, 5.41) is 15.6. The summed E-state index contributed by atoms with van der Waals surface area (Å²) in [6.45, 7) is 7.27. The van der Waals surface area contributed by atoms with Crippen LogP contribution in [0.25, 0.3) is 0 Å². The fourth-order valence-corrected chi connectivity index (χ4v) is 2.33. The molecule has 0 bridgehead atoms. The molecule has 0 unspecified atom stereocenters. The Hall–Kier alpha value is -1.43. The number of rotatable bonds is 7. The van der Waals surface area contributed by atoms with Gasteiger partial charge in [-0.15, -0.1) is 11.3 Å². The third-order valence-electron chi connectivity index (χ3n) is 3.14. The van der Waals surface area contributed by atoms with Gasteiger partial charge in [0.1, 0.15) is 12.4 Å². The number of nitrogens with one attached hydrogen (secondary N) is 1. The van der Waals surface area contributed by atoms with Gasteiger partial charge in [-0.3, -0.25) is 0 Å². The first kappa shape index (κ1) is 15.9. The number of benzene rings is 1. The van der Waals surface area contributed by atoms with Crippen molar-refractivity contribution in [2.24, 2.45) is 0 Å². The maximum absolute atomic E-state index is 9.21. The number of aliphatic hydroxyl groups excluding tert-OH is 1. The Labute approximate surface area is 129 Å². The zero-order valence-corrected chi connectivity index (χ0v) is 13.5. The standard InChI is InChI=1S/C16H22N2O2S/c1-12-18-14(10-21-12)9-20-15-6-4-13(5-7-15)8-17-16(2,3)11-19/h4-7,10,17,19H,8-9,11H2,1-3H3. The van der Waals surface area contributed by atoms with E-state index in [1.165, 1.54) is 0 Å². The topological polar surface area (TPSA) is 54.4 Å². The van der Waals surface area contributed by atoms with Crippen molar-refractivity contribution in [1.29, 1.82) is 0 Å². The maximum Gasteiger partial charge on any atom is 0.131 e. The van der Waals surface area contributed by atoms with Crippen LogP contribution in [-0.4, -0.2) is 22.2 Å². The van der Waals surface area contributed by atoms with Crippen LogP contribution in [0.2, 0.25) is 0 Å². The third kappa shape index (κ3) is 5.12. The lowest BCUT2D eigenvalue weighted by Crippen LogP contribution is -2.42. The van der Waals surface area contributed by atoms with Gasteiger partial charge in [0, 0.05) is 17.5 Å². The van der Waals surface area contributed by atoms with Gasteiger partial charge >= 0.3 is 0 Å². The zero-order chi connectivity index (χ0) is 15.3. The second-order valence-corrected chi connectivity index (χ2v) is 6.75. The number of thiazole rings is 1. The summed E-state index contributed by atoms with van der Waals surface area (Å²) < 4.78 is 5.71. The van der Waals surface area contributed by atoms with Gasteiger partial charge < -0.3 is 15.2 Å². The minimum atomic E-state index is -0.266. The molecule has 4 nitrogen and oxygen atoms in total. The lowest BCUT2D eigenvalue weighted by atomic mass is 10.1. The molecule has 0 saturated carbocycles. The average molecular weight is 306 g/mol. The minimum Gasteiger partial charge on any atom is -0.487 e. The van der Waals surface area contributed by atoms with Crippen LogP contribution in [0.1, 0.15) is 30.1 Å². The molecule has 1 heterocycles. The van der Waals surface area contributed by atoms with E-state index in [1.54, 1.807) is 11.3 Å². The van der Waals surface area contributed by atoms with Gasteiger partial charge in [-0.25, -0.2) is 4.98 Å². The second-order valence-electron chi connectivity index (χ2n) is 5.69. The highest BCUT2D eigenvalue weighted by atomic mass is 32.1. The predicted molar refractivity (Wildman–Crippen MR) is 85.6 cm³/mol. The number of hydrogen-bond donors (Lipinski definition) is 2. The van der Waals surface area contributed by atoms with Crippen LogP contribution >= 0.6 is 11.3 Å². The van der Waals surface area contributed by atoms with E-state index in [4.69, 9.17) is 4.74 Å².